The number of aromatic amines is 1. The summed E-state index contributed by atoms with van der Waals surface area (Å²) in [6, 6.07) is 1.38. The van der Waals surface area contributed by atoms with Gasteiger partial charge in [-0.05, 0) is 0 Å². The van der Waals surface area contributed by atoms with Crippen LogP contribution in [0.3, 0.4) is 0 Å². The van der Waals surface area contributed by atoms with E-state index in [4.69, 9.17) is 4.74 Å². The zero-order valence-corrected chi connectivity index (χ0v) is 11.0. The molecule has 0 radical (unpaired) electrons. The van der Waals surface area contributed by atoms with Crippen LogP contribution in [-0.4, -0.2) is 39.4 Å². The molecule has 10 heteroatoms. The third kappa shape index (κ3) is 3.00. The van der Waals surface area contributed by atoms with Crippen molar-refractivity contribution in [1.29, 1.82) is 0 Å². The van der Waals surface area contributed by atoms with E-state index in [0.717, 1.165) is 6.20 Å². The van der Waals surface area contributed by atoms with Crippen LogP contribution in [0.4, 0.5) is 18.9 Å². The molecule has 2 aromatic heterocycles. The van der Waals surface area contributed by atoms with Gasteiger partial charge in [-0.1, -0.05) is 0 Å². The van der Waals surface area contributed by atoms with Crippen molar-refractivity contribution < 1.29 is 17.9 Å². The van der Waals surface area contributed by atoms with Crippen molar-refractivity contribution in [3.8, 4) is 5.88 Å². The third-order valence-electron chi connectivity index (χ3n) is 3.05. The number of nitrogens with one attached hydrogen (secondary N) is 1. The number of H-pyrrole nitrogens is 1. The van der Waals surface area contributed by atoms with Gasteiger partial charge < -0.3 is 9.64 Å². The van der Waals surface area contributed by atoms with Crippen LogP contribution in [0.25, 0.3) is 0 Å². The highest BCUT2D eigenvalue weighted by molar-refractivity contribution is 5.46. The van der Waals surface area contributed by atoms with Gasteiger partial charge in [0.2, 0.25) is 5.88 Å². The summed E-state index contributed by atoms with van der Waals surface area (Å²) >= 11 is 0. The molecule has 0 saturated carbocycles. The first-order valence-corrected chi connectivity index (χ1v) is 6.27. The number of alkyl halides is 3. The summed E-state index contributed by atoms with van der Waals surface area (Å²) in [5, 5.41) is 5.93. The van der Waals surface area contributed by atoms with E-state index in [-0.39, 0.29) is 17.5 Å². The van der Waals surface area contributed by atoms with Crippen LogP contribution in [0.15, 0.2) is 29.5 Å². The summed E-state index contributed by atoms with van der Waals surface area (Å²) in [6.45, 7) is 0.839. The molecule has 2 aromatic rings. The van der Waals surface area contributed by atoms with Crippen molar-refractivity contribution in [2.75, 3.05) is 18.0 Å². The van der Waals surface area contributed by atoms with Crippen LogP contribution < -0.4 is 15.2 Å². The molecule has 0 unspecified atom stereocenters. The van der Waals surface area contributed by atoms with Crippen LogP contribution in [0.2, 0.25) is 0 Å². The molecule has 7 nitrogen and oxygen atoms in total. The second-order valence-electron chi connectivity index (χ2n) is 4.69. The summed E-state index contributed by atoms with van der Waals surface area (Å²) in [4.78, 5) is 19.8. The van der Waals surface area contributed by atoms with Crippen LogP contribution in [0, 0.1) is 0 Å². The lowest BCUT2D eigenvalue weighted by molar-refractivity contribution is -0.141. The SMILES string of the molecule is O=c1cc(N2CC(Oc3cncc(C(F)(F)F)n3)C2)cn[nH]1. The van der Waals surface area contributed by atoms with Gasteiger partial charge in [-0.25, -0.2) is 10.1 Å². The predicted octanol–water partition coefficient (Wildman–Crippen LogP) is 0.846. The number of anilines is 1. The van der Waals surface area contributed by atoms with Crippen LogP contribution in [0.1, 0.15) is 5.69 Å². The fourth-order valence-electron chi connectivity index (χ4n) is 1.97. The Hall–Kier alpha value is -2.65. The van der Waals surface area contributed by atoms with Gasteiger partial charge >= 0.3 is 6.18 Å². The summed E-state index contributed by atoms with van der Waals surface area (Å²) in [5.74, 6) is -0.177. The molecule has 0 aromatic carbocycles. The Balaban J connectivity index is 1.62. The lowest BCUT2D eigenvalue weighted by Crippen LogP contribution is -2.54. The van der Waals surface area contributed by atoms with E-state index < -0.39 is 11.9 Å². The first-order valence-electron chi connectivity index (χ1n) is 6.27. The molecule has 3 heterocycles. The largest absolute Gasteiger partial charge is 0.469 e. The number of hydrogen-bond acceptors (Lipinski definition) is 6. The molecular weight excluding hydrogens is 303 g/mol. The first-order chi connectivity index (χ1) is 10.4. The van der Waals surface area contributed by atoms with Gasteiger partial charge in [-0.2, -0.15) is 18.3 Å². The van der Waals surface area contributed by atoms with Gasteiger partial charge in [0.1, 0.15) is 6.10 Å². The zero-order chi connectivity index (χ0) is 15.7. The molecule has 116 valence electrons. The fraction of sp³-hybridized carbons (Fsp3) is 0.333. The minimum atomic E-state index is -4.56. The Labute approximate surface area is 121 Å². The van der Waals surface area contributed by atoms with Crippen molar-refractivity contribution in [2.45, 2.75) is 12.3 Å². The zero-order valence-electron chi connectivity index (χ0n) is 11.0. The van der Waals surface area contributed by atoms with E-state index >= 15 is 0 Å². The van der Waals surface area contributed by atoms with Crippen LogP contribution in [-0.2, 0) is 6.18 Å². The second kappa shape index (κ2) is 5.28. The molecule has 1 saturated heterocycles. The van der Waals surface area contributed by atoms with Crippen LogP contribution >= 0.6 is 0 Å². The highest BCUT2D eigenvalue weighted by atomic mass is 19.4. The van der Waals surface area contributed by atoms with Crippen molar-refractivity contribution >= 4 is 5.69 Å². The average molecular weight is 313 g/mol. The van der Waals surface area contributed by atoms with E-state index in [1.54, 1.807) is 0 Å². The van der Waals surface area contributed by atoms with Gasteiger partial charge in [0.05, 0.1) is 37.4 Å². The van der Waals surface area contributed by atoms with Crippen molar-refractivity contribution in [1.82, 2.24) is 20.2 Å². The maximum Gasteiger partial charge on any atom is 0.435 e. The molecule has 1 N–H and O–H groups in total. The number of nitrogens with zero attached hydrogens (tertiary/aromatic N) is 4. The molecule has 0 spiro atoms. The predicted molar refractivity (Wildman–Crippen MR) is 68.5 cm³/mol. The van der Waals surface area contributed by atoms with E-state index in [1.165, 1.54) is 12.3 Å². The number of aromatic nitrogens is 4. The maximum absolute atomic E-state index is 12.5. The average Bonchev–Trinajstić information content (AvgIpc) is 2.42. The monoisotopic (exact) mass is 313 g/mol. The second-order valence-corrected chi connectivity index (χ2v) is 4.69. The molecule has 3 rings (SSSR count). The van der Waals surface area contributed by atoms with E-state index in [2.05, 4.69) is 20.2 Å². The Morgan fingerprint density at radius 1 is 1.27 bits per heavy atom. The summed E-state index contributed by atoms with van der Waals surface area (Å²) in [7, 11) is 0. The van der Waals surface area contributed by atoms with Gasteiger partial charge in [-0.15, -0.1) is 0 Å². The topological polar surface area (TPSA) is 84.0 Å². The summed E-state index contributed by atoms with van der Waals surface area (Å²) < 4.78 is 42.9. The molecule has 22 heavy (non-hydrogen) atoms. The molecule has 0 atom stereocenters. The summed E-state index contributed by atoms with van der Waals surface area (Å²) in [6.07, 6.45) is -1.62. The molecule has 0 aliphatic carbocycles. The lowest BCUT2D eigenvalue weighted by atomic mass is 10.1. The van der Waals surface area contributed by atoms with Crippen molar-refractivity contribution in [2.24, 2.45) is 0 Å². The lowest BCUT2D eigenvalue weighted by Gasteiger charge is -2.39. The van der Waals surface area contributed by atoms with Gasteiger partial charge in [0.25, 0.3) is 5.56 Å². The number of hydrogen-bond donors (Lipinski definition) is 1. The normalized spacial score (nSPS) is 15.5. The Kier molecular flexibility index (Phi) is 3.43. The molecule has 1 aliphatic rings. The molecule has 0 amide bonds. The highest BCUT2D eigenvalue weighted by Crippen LogP contribution is 2.28. The molecule has 1 fully saturated rings. The molecular formula is C12H10F3N5O2. The standard InChI is InChI=1S/C12H10F3N5O2/c13-12(14,15)9-3-16-4-11(18-9)22-8-5-20(6-8)7-1-10(21)19-17-2-7/h1-4,8H,5-6H2,(H,19,21). The fourth-order valence-corrected chi connectivity index (χ4v) is 1.97. The van der Waals surface area contributed by atoms with Gasteiger partial charge in [0.15, 0.2) is 5.69 Å². The smallest absolute Gasteiger partial charge is 0.435 e. The third-order valence-corrected chi connectivity index (χ3v) is 3.05. The molecule has 1 aliphatic heterocycles. The van der Waals surface area contributed by atoms with Crippen molar-refractivity contribution in [3.05, 3.63) is 40.7 Å². The summed E-state index contributed by atoms with van der Waals surface area (Å²) in [5.41, 5.74) is -0.802. The quantitative estimate of drug-likeness (QED) is 0.904. The van der Waals surface area contributed by atoms with E-state index in [0.29, 0.717) is 25.0 Å². The maximum atomic E-state index is 12.5. The van der Waals surface area contributed by atoms with Gasteiger partial charge in [0, 0.05) is 6.07 Å². The van der Waals surface area contributed by atoms with Crippen LogP contribution in [0.5, 0.6) is 5.88 Å². The van der Waals surface area contributed by atoms with Gasteiger partial charge in [-0.3, -0.25) is 9.78 Å². The van der Waals surface area contributed by atoms with E-state index in [1.807, 2.05) is 4.90 Å². The van der Waals surface area contributed by atoms with E-state index in [9.17, 15) is 18.0 Å². The number of ether oxygens (including phenoxy) is 1. The molecule has 0 bridgehead atoms. The Morgan fingerprint density at radius 3 is 2.73 bits per heavy atom. The Morgan fingerprint density at radius 2 is 2.05 bits per heavy atom. The first kappa shape index (κ1) is 14.3. The highest BCUT2D eigenvalue weighted by Gasteiger charge is 2.34. The number of rotatable bonds is 3. The number of halogens is 3. The minimum absolute atomic E-state index is 0.177. The Bertz CT molecular complexity index is 727. The van der Waals surface area contributed by atoms with Crippen molar-refractivity contribution in [3.63, 3.8) is 0 Å². The minimum Gasteiger partial charge on any atom is -0.469 e.